The van der Waals surface area contributed by atoms with Crippen LogP contribution < -0.4 is 10.6 Å². The molecule has 0 radical (unpaired) electrons. The minimum Gasteiger partial charge on any atom is -0.364 e. The van der Waals surface area contributed by atoms with Crippen LogP contribution >= 0.6 is 0 Å². The summed E-state index contributed by atoms with van der Waals surface area (Å²) in [4.78, 5) is 16.7. The summed E-state index contributed by atoms with van der Waals surface area (Å²) < 4.78 is 0. The number of carbonyl (C=O) groups excluding carboxylic acids is 1. The number of nitrogens with one attached hydrogen (secondary N) is 2. The van der Waals surface area contributed by atoms with Crippen molar-refractivity contribution in [2.24, 2.45) is 0 Å². The Morgan fingerprint density at radius 3 is 2.33 bits per heavy atom. The number of carbonyl (C=O) groups is 1. The molecule has 1 aromatic carbocycles. The highest BCUT2D eigenvalue weighted by molar-refractivity contribution is 6.07. The molecule has 1 amide bonds. The zero-order valence-electron chi connectivity index (χ0n) is 15.7. The summed E-state index contributed by atoms with van der Waals surface area (Å²) in [6, 6.07) is 13.3. The zero-order chi connectivity index (χ0) is 19.3. The van der Waals surface area contributed by atoms with E-state index in [2.05, 4.69) is 46.6 Å². The van der Waals surface area contributed by atoms with Crippen LogP contribution in [0.1, 0.15) is 42.3 Å². The van der Waals surface area contributed by atoms with Crippen LogP contribution in [0.15, 0.2) is 61.1 Å². The van der Waals surface area contributed by atoms with E-state index < -0.39 is 0 Å². The van der Waals surface area contributed by atoms with Crippen molar-refractivity contribution in [2.45, 2.75) is 32.7 Å². The molecule has 0 spiro atoms. The zero-order valence-corrected chi connectivity index (χ0v) is 15.7. The standard InChI is InChI=1S/C21H23N5O/c1-21(2,3)16-4-6-17(7-5-16)25-20(27)18-10-13-24-26-19(18)23-14-15-8-11-22-12-9-15/h4-13H,14H2,1-3H3,(H,23,26)(H,25,27). The highest BCUT2D eigenvalue weighted by Crippen LogP contribution is 2.24. The van der Waals surface area contributed by atoms with Gasteiger partial charge in [-0.1, -0.05) is 32.9 Å². The van der Waals surface area contributed by atoms with Crippen molar-refractivity contribution in [1.29, 1.82) is 0 Å². The Morgan fingerprint density at radius 1 is 0.963 bits per heavy atom. The van der Waals surface area contributed by atoms with Gasteiger partial charge in [0, 0.05) is 24.6 Å². The molecule has 0 bridgehead atoms. The average Bonchev–Trinajstić information content (AvgIpc) is 2.67. The first-order chi connectivity index (χ1) is 12.9. The van der Waals surface area contributed by atoms with Gasteiger partial charge in [0.25, 0.3) is 5.91 Å². The molecule has 6 nitrogen and oxygen atoms in total. The van der Waals surface area contributed by atoms with Gasteiger partial charge in [-0.2, -0.15) is 5.10 Å². The van der Waals surface area contributed by atoms with Gasteiger partial charge >= 0.3 is 0 Å². The van der Waals surface area contributed by atoms with E-state index in [9.17, 15) is 4.79 Å². The van der Waals surface area contributed by atoms with Crippen molar-refractivity contribution in [2.75, 3.05) is 10.6 Å². The number of anilines is 2. The number of aromatic nitrogens is 3. The quantitative estimate of drug-likeness (QED) is 0.717. The fourth-order valence-electron chi connectivity index (χ4n) is 2.58. The van der Waals surface area contributed by atoms with Gasteiger partial charge in [0.05, 0.1) is 11.8 Å². The Morgan fingerprint density at radius 2 is 1.67 bits per heavy atom. The molecular weight excluding hydrogens is 338 g/mol. The van der Waals surface area contributed by atoms with Gasteiger partial charge in [-0.3, -0.25) is 9.78 Å². The van der Waals surface area contributed by atoms with E-state index in [1.165, 1.54) is 11.8 Å². The van der Waals surface area contributed by atoms with Gasteiger partial charge in [-0.25, -0.2) is 0 Å². The Hall–Kier alpha value is -3.28. The summed E-state index contributed by atoms with van der Waals surface area (Å²) in [7, 11) is 0. The Balaban J connectivity index is 1.71. The number of benzene rings is 1. The van der Waals surface area contributed by atoms with E-state index in [1.807, 2.05) is 36.4 Å². The van der Waals surface area contributed by atoms with Gasteiger partial charge in [-0.15, -0.1) is 5.10 Å². The van der Waals surface area contributed by atoms with E-state index in [-0.39, 0.29) is 11.3 Å². The lowest BCUT2D eigenvalue weighted by Crippen LogP contribution is -2.16. The maximum Gasteiger partial charge on any atom is 0.259 e. The third-order valence-corrected chi connectivity index (χ3v) is 4.18. The van der Waals surface area contributed by atoms with Gasteiger partial charge in [0.2, 0.25) is 0 Å². The number of hydrogen-bond donors (Lipinski definition) is 2. The van der Waals surface area contributed by atoms with Crippen LogP contribution in [-0.2, 0) is 12.0 Å². The summed E-state index contributed by atoms with van der Waals surface area (Å²) >= 11 is 0. The van der Waals surface area contributed by atoms with Gasteiger partial charge in [-0.05, 0) is 46.9 Å². The maximum absolute atomic E-state index is 12.7. The molecule has 0 aliphatic heterocycles. The van der Waals surface area contributed by atoms with Crippen molar-refractivity contribution in [3.63, 3.8) is 0 Å². The summed E-state index contributed by atoms with van der Waals surface area (Å²) in [5.74, 6) is 0.212. The second kappa shape index (κ2) is 7.95. The normalized spacial score (nSPS) is 11.1. The molecule has 0 fully saturated rings. The van der Waals surface area contributed by atoms with E-state index >= 15 is 0 Å². The predicted octanol–water partition coefficient (Wildman–Crippen LogP) is 4.03. The van der Waals surface area contributed by atoms with Crippen LogP contribution in [0.5, 0.6) is 0 Å². The number of pyridine rings is 1. The SMILES string of the molecule is CC(C)(C)c1ccc(NC(=O)c2ccnnc2NCc2ccncc2)cc1. The van der Waals surface area contributed by atoms with Crippen molar-refractivity contribution < 1.29 is 4.79 Å². The van der Waals surface area contributed by atoms with Gasteiger partial charge < -0.3 is 10.6 Å². The summed E-state index contributed by atoms with van der Waals surface area (Å²) in [6.45, 7) is 7.00. The lowest BCUT2D eigenvalue weighted by Gasteiger charge is -2.19. The Kier molecular flexibility index (Phi) is 5.45. The molecule has 27 heavy (non-hydrogen) atoms. The van der Waals surface area contributed by atoms with Crippen LogP contribution in [0.2, 0.25) is 0 Å². The smallest absolute Gasteiger partial charge is 0.259 e. The molecular formula is C21H23N5O. The Bertz CT molecular complexity index is 902. The number of nitrogens with zero attached hydrogens (tertiary/aromatic N) is 3. The summed E-state index contributed by atoms with van der Waals surface area (Å²) in [6.07, 6.45) is 4.96. The van der Waals surface area contributed by atoms with Crippen LogP contribution in [0.3, 0.4) is 0 Å². The number of amides is 1. The van der Waals surface area contributed by atoms with Crippen molar-refractivity contribution in [3.05, 3.63) is 77.7 Å². The lowest BCUT2D eigenvalue weighted by molar-refractivity contribution is 0.102. The summed E-state index contributed by atoms with van der Waals surface area (Å²) in [5, 5.41) is 14.0. The molecule has 0 aliphatic rings. The third-order valence-electron chi connectivity index (χ3n) is 4.18. The minimum atomic E-state index is -0.231. The van der Waals surface area contributed by atoms with Crippen LogP contribution in [0.25, 0.3) is 0 Å². The molecule has 2 aromatic heterocycles. The molecule has 0 saturated heterocycles. The average molecular weight is 361 g/mol. The van der Waals surface area contributed by atoms with Crippen molar-refractivity contribution in [3.8, 4) is 0 Å². The monoisotopic (exact) mass is 361 g/mol. The van der Waals surface area contributed by atoms with E-state index in [4.69, 9.17) is 0 Å². The van der Waals surface area contributed by atoms with Crippen LogP contribution in [0, 0.1) is 0 Å². The fourth-order valence-corrected chi connectivity index (χ4v) is 2.58. The summed E-state index contributed by atoms with van der Waals surface area (Å²) in [5.41, 5.74) is 3.51. The molecule has 0 saturated carbocycles. The molecule has 0 unspecified atom stereocenters. The first-order valence-electron chi connectivity index (χ1n) is 8.80. The van der Waals surface area contributed by atoms with E-state index in [0.29, 0.717) is 17.9 Å². The molecule has 2 heterocycles. The van der Waals surface area contributed by atoms with Gasteiger partial charge in [0.1, 0.15) is 0 Å². The fraction of sp³-hybridized carbons (Fsp3) is 0.238. The molecule has 3 rings (SSSR count). The molecule has 6 heteroatoms. The molecule has 2 N–H and O–H groups in total. The predicted molar refractivity (Wildman–Crippen MR) is 107 cm³/mol. The van der Waals surface area contributed by atoms with Crippen molar-refractivity contribution in [1.82, 2.24) is 15.2 Å². The largest absolute Gasteiger partial charge is 0.364 e. The first-order valence-corrected chi connectivity index (χ1v) is 8.80. The highest BCUT2D eigenvalue weighted by Gasteiger charge is 2.15. The highest BCUT2D eigenvalue weighted by atomic mass is 16.1. The van der Waals surface area contributed by atoms with Crippen molar-refractivity contribution >= 4 is 17.4 Å². The number of hydrogen-bond acceptors (Lipinski definition) is 5. The molecule has 0 aliphatic carbocycles. The Labute approximate surface area is 159 Å². The van der Waals surface area contributed by atoms with E-state index in [1.54, 1.807) is 18.5 Å². The first kappa shape index (κ1) is 18.5. The maximum atomic E-state index is 12.7. The lowest BCUT2D eigenvalue weighted by atomic mass is 9.87. The van der Waals surface area contributed by atoms with Gasteiger partial charge in [0.15, 0.2) is 5.82 Å². The molecule has 0 atom stereocenters. The molecule has 3 aromatic rings. The number of rotatable bonds is 5. The van der Waals surface area contributed by atoms with Crippen LogP contribution in [0.4, 0.5) is 11.5 Å². The van der Waals surface area contributed by atoms with Crippen LogP contribution in [-0.4, -0.2) is 21.1 Å². The topological polar surface area (TPSA) is 79.8 Å². The molecule has 138 valence electrons. The second-order valence-electron chi connectivity index (χ2n) is 7.28. The van der Waals surface area contributed by atoms with E-state index in [0.717, 1.165) is 11.3 Å². The third kappa shape index (κ3) is 4.88. The second-order valence-corrected chi connectivity index (χ2v) is 7.28. The minimum absolute atomic E-state index is 0.0710.